The molecule has 1 heterocycles. The number of nitrogens with zero attached hydrogens (tertiary/aromatic N) is 2. The van der Waals surface area contributed by atoms with Crippen LogP contribution in [0.2, 0.25) is 0 Å². The molecule has 0 atom stereocenters. The molecule has 1 aliphatic rings. The second-order valence-corrected chi connectivity index (χ2v) is 6.04. The molecule has 1 aliphatic carbocycles. The summed E-state index contributed by atoms with van der Waals surface area (Å²) in [6, 6.07) is 12.6. The van der Waals surface area contributed by atoms with Crippen molar-refractivity contribution in [3.63, 3.8) is 0 Å². The summed E-state index contributed by atoms with van der Waals surface area (Å²) in [4.78, 5) is 0. The van der Waals surface area contributed by atoms with Gasteiger partial charge in [-0.3, -0.25) is 0 Å². The van der Waals surface area contributed by atoms with Crippen molar-refractivity contribution in [2.24, 2.45) is 0 Å². The maximum absolute atomic E-state index is 13.0. The quantitative estimate of drug-likeness (QED) is 0.643. The van der Waals surface area contributed by atoms with Gasteiger partial charge in [0.1, 0.15) is 12.0 Å². The number of aryl methyl sites for hydroxylation is 2. The molecule has 1 aromatic heterocycles. The second kappa shape index (κ2) is 4.81. The topological polar surface area (TPSA) is 17.8 Å². The Kier molecular flexibility index (Phi) is 2.93. The highest BCUT2D eigenvalue weighted by Crippen LogP contribution is 2.34. The highest BCUT2D eigenvalue weighted by Gasteiger charge is 2.20. The number of halogens is 2. The van der Waals surface area contributed by atoms with E-state index in [9.17, 15) is 4.39 Å². The van der Waals surface area contributed by atoms with E-state index >= 15 is 0 Å². The first-order valence-corrected chi connectivity index (χ1v) is 7.56. The Morgan fingerprint density at radius 1 is 1.10 bits per heavy atom. The predicted octanol–water partition coefficient (Wildman–Crippen LogP) is 4.34. The Morgan fingerprint density at radius 2 is 1.90 bits per heavy atom. The molecule has 4 heteroatoms. The van der Waals surface area contributed by atoms with Gasteiger partial charge in [-0.1, -0.05) is 22.0 Å². The number of rotatable bonds is 1. The summed E-state index contributed by atoms with van der Waals surface area (Å²) in [6.07, 6.45) is 5.20. The fourth-order valence-electron chi connectivity index (χ4n) is 2.73. The first-order valence-electron chi connectivity index (χ1n) is 6.77. The number of benzene rings is 2. The number of hydrogen-bond acceptors (Lipinski definition) is 1. The minimum absolute atomic E-state index is 0.245. The zero-order chi connectivity index (χ0) is 14.4. The number of fused-ring (bicyclic) bond motifs is 3. The van der Waals surface area contributed by atoms with E-state index in [4.69, 9.17) is 0 Å². The Bertz CT molecular complexity index is 821. The minimum Gasteiger partial charge on any atom is -0.231 e. The fourth-order valence-corrected chi connectivity index (χ4v) is 3.14. The smallest absolute Gasteiger partial charge is 0.123 e. The number of aromatic nitrogens is 2. The second-order valence-electron chi connectivity index (χ2n) is 5.12. The monoisotopic (exact) mass is 341 g/mol. The summed E-state index contributed by atoms with van der Waals surface area (Å²) in [5, 5.41) is 4.60. The Morgan fingerprint density at radius 3 is 2.71 bits per heavy atom. The van der Waals surface area contributed by atoms with Gasteiger partial charge in [-0.2, -0.15) is 5.10 Å². The van der Waals surface area contributed by atoms with Crippen molar-refractivity contribution in [2.45, 2.75) is 12.8 Å². The van der Waals surface area contributed by atoms with Crippen molar-refractivity contribution >= 4 is 15.9 Å². The molecule has 103 valence electrons. The molecule has 21 heavy (non-hydrogen) atoms. The van der Waals surface area contributed by atoms with Crippen LogP contribution in [0.1, 0.15) is 11.3 Å². The molecule has 0 N–H and O–H groups in total. The summed E-state index contributed by atoms with van der Waals surface area (Å²) in [7, 11) is 0. The minimum atomic E-state index is -0.245. The standard InChI is InChI=1S/C17H11BrFN2/c18-12-2-7-15-11(9-12)1-8-17-16(15)10-21(20-17)14-5-3-13(19)4-6-14/h2-7,9H,1,8H2. The molecule has 0 fully saturated rings. The first-order chi connectivity index (χ1) is 10.2. The zero-order valence-electron chi connectivity index (χ0n) is 11.1. The van der Waals surface area contributed by atoms with Gasteiger partial charge in [0, 0.05) is 10.0 Å². The van der Waals surface area contributed by atoms with Crippen LogP contribution in [-0.2, 0) is 12.8 Å². The lowest BCUT2D eigenvalue weighted by molar-refractivity contribution is 0.627. The third kappa shape index (κ3) is 2.20. The average molecular weight is 342 g/mol. The SMILES string of the molecule is Fc1ccc(-n2[c]c3c(n2)CCc2cc(Br)ccc2-3)cc1. The summed E-state index contributed by atoms with van der Waals surface area (Å²) >= 11 is 3.51. The van der Waals surface area contributed by atoms with Crippen LogP contribution in [-0.4, -0.2) is 9.78 Å². The summed E-state index contributed by atoms with van der Waals surface area (Å²) < 4.78 is 15.8. The Hall–Kier alpha value is -1.94. The maximum atomic E-state index is 13.0. The Balaban J connectivity index is 1.83. The highest BCUT2D eigenvalue weighted by atomic mass is 79.9. The van der Waals surface area contributed by atoms with Crippen LogP contribution in [0.15, 0.2) is 46.9 Å². The van der Waals surface area contributed by atoms with Crippen LogP contribution in [0.4, 0.5) is 4.39 Å². The molecule has 4 rings (SSSR count). The van der Waals surface area contributed by atoms with Crippen molar-refractivity contribution in [1.29, 1.82) is 0 Å². The van der Waals surface area contributed by atoms with Gasteiger partial charge in [0.2, 0.25) is 0 Å². The van der Waals surface area contributed by atoms with Gasteiger partial charge >= 0.3 is 0 Å². The van der Waals surface area contributed by atoms with Crippen LogP contribution in [0.3, 0.4) is 0 Å². The van der Waals surface area contributed by atoms with Crippen LogP contribution in [0, 0.1) is 12.0 Å². The lowest BCUT2D eigenvalue weighted by atomic mass is 9.90. The normalized spacial score (nSPS) is 12.9. The molecular weight excluding hydrogens is 331 g/mol. The van der Waals surface area contributed by atoms with E-state index in [0.717, 1.165) is 34.3 Å². The molecule has 0 amide bonds. The van der Waals surface area contributed by atoms with Gasteiger partial charge < -0.3 is 0 Å². The molecule has 0 saturated carbocycles. The summed E-state index contributed by atoms with van der Waals surface area (Å²) in [5.41, 5.74) is 5.42. The average Bonchev–Trinajstić information content (AvgIpc) is 2.92. The maximum Gasteiger partial charge on any atom is 0.123 e. The van der Waals surface area contributed by atoms with Crippen molar-refractivity contribution in [3.8, 4) is 16.8 Å². The van der Waals surface area contributed by atoms with E-state index in [1.54, 1.807) is 16.8 Å². The third-order valence-corrected chi connectivity index (χ3v) is 4.26. The van der Waals surface area contributed by atoms with Gasteiger partial charge in [-0.15, -0.1) is 0 Å². The van der Waals surface area contributed by atoms with Gasteiger partial charge in [0.15, 0.2) is 0 Å². The molecule has 0 saturated heterocycles. The van der Waals surface area contributed by atoms with E-state index in [-0.39, 0.29) is 5.82 Å². The molecule has 0 bridgehead atoms. The third-order valence-electron chi connectivity index (χ3n) is 3.77. The lowest BCUT2D eigenvalue weighted by Gasteiger charge is -2.14. The van der Waals surface area contributed by atoms with Crippen molar-refractivity contribution in [1.82, 2.24) is 9.78 Å². The van der Waals surface area contributed by atoms with Crippen molar-refractivity contribution < 1.29 is 4.39 Å². The molecule has 0 aliphatic heterocycles. The van der Waals surface area contributed by atoms with Gasteiger partial charge in [-0.05, 0) is 60.4 Å². The molecule has 3 aromatic rings. The predicted molar refractivity (Wildman–Crippen MR) is 82.9 cm³/mol. The van der Waals surface area contributed by atoms with Gasteiger partial charge in [0.25, 0.3) is 0 Å². The van der Waals surface area contributed by atoms with Crippen LogP contribution in [0.25, 0.3) is 16.8 Å². The van der Waals surface area contributed by atoms with Gasteiger partial charge in [-0.25, -0.2) is 9.07 Å². The highest BCUT2D eigenvalue weighted by molar-refractivity contribution is 9.10. The lowest BCUT2D eigenvalue weighted by Crippen LogP contribution is -2.03. The molecule has 0 unspecified atom stereocenters. The van der Waals surface area contributed by atoms with E-state index in [1.165, 1.54) is 23.3 Å². The Labute approximate surface area is 130 Å². The van der Waals surface area contributed by atoms with Gasteiger partial charge in [0.05, 0.1) is 11.4 Å². The summed E-state index contributed by atoms with van der Waals surface area (Å²) in [6.45, 7) is 0. The van der Waals surface area contributed by atoms with Crippen molar-refractivity contribution in [3.05, 3.63) is 70.2 Å². The van der Waals surface area contributed by atoms with Crippen LogP contribution < -0.4 is 0 Å². The molecule has 2 nitrogen and oxygen atoms in total. The molecule has 0 spiro atoms. The van der Waals surface area contributed by atoms with E-state index in [2.05, 4.69) is 39.4 Å². The zero-order valence-corrected chi connectivity index (χ0v) is 12.7. The van der Waals surface area contributed by atoms with E-state index in [1.807, 2.05) is 6.07 Å². The van der Waals surface area contributed by atoms with E-state index in [0.29, 0.717) is 0 Å². The molecular formula is C17H11BrFN2. The van der Waals surface area contributed by atoms with Crippen molar-refractivity contribution in [2.75, 3.05) is 0 Å². The summed E-state index contributed by atoms with van der Waals surface area (Å²) in [5.74, 6) is -0.245. The van der Waals surface area contributed by atoms with E-state index < -0.39 is 0 Å². The first kappa shape index (κ1) is 12.8. The molecule has 2 aromatic carbocycles. The van der Waals surface area contributed by atoms with Crippen LogP contribution >= 0.6 is 15.9 Å². The number of hydrogen-bond donors (Lipinski definition) is 0. The molecule has 1 radical (unpaired) electrons. The van der Waals surface area contributed by atoms with Crippen LogP contribution in [0.5, 0.6) is 0 Å². The fraction of sp³-hybridized carbons (Fsp3) is 0.118. The largest absolute Gasteiger partial charge is 0.231 e.